The minimum atomic E-state index is -0.0680. The Hall–Kier alpha value is -1.39. The number of hydrogen-bond donors (Lipinski definition) is 1. The average Bonchev–Trinajstić information content (AvgIpc) is 2.47. The summed E-state index contributed by atoms with van der Waals surface area (Å²) < 4.78 is 1.23. The Labute approximate surface area is 126 Å². The van der Waals surface area contributed by atoms with Crippen molar-refractivity contribution < 1.29 is 0 Å². The number of nitrogens with two attached hydrogens (primary N) is 1. The van der Waals surface area contributed by atoms with E-state index in [2.05, 4.69) is 89.3 Å². The summed E-state index contributed by atoms with van der Waals surface area (Å²) in [6.45, 7) is 0. The first-order chi connectivity index (χ1) is 9.24. The quantitative estimate of drug-likeness (QED) is 0.671. The van der Waals surface area contributed by atoms with E-state index in [1.54, 1.807) is 0 Å². The van der Waals surface area contributed by atoms with Crippen LogP contribution < -0.4 is 5.73 Å². The third kappa shape index (κ3) is 2.65. The van der Waals surface area contributed by atoms with Crippen molar-refractivity contribution in [3.63, 3.8) is 0 Å². The van der Waals surface area contributed by atoms with Gasteiger partial charge in [0.05, 0.1) is 6.04 Å². The van der Waals surface area contributed by atoms with Crippen molar-refractivity contribution in [1.82, 2.24) is 0 Å². The fourth-order valence-corrected chi connectivity index (χ4v) is 2.62. The molecular formula is C17H14IN. The van der Waals surface area contributed by atoms with Gasteiger partial charge >= 0.3 is 0 Å². The van der Waals surface area contributed by atoms with E-state index < -0.39 is 0 Å². The molecule has 3 rings (SSSR count). The molecule has 3 aromatic carbocycles. The predicted molar refractivity (Wildman–Crippen MR) is 89.1 cm³/mol. The Morgan fingerprint density at radius 2 is 1.37 bits per heavy atom. The summed E-state index contributed by atoms with van der Waals surface area (Å²) in [7, 11) is 0. The highest BCUT2D eigenvalue weighted by Gasteiger charge is 2.09. The van der Waals surface area contributed by atoms with E-state index in [1.807, 2.05) is 0 Å². The zero-order valence-corrected chi connectivity index (χ0v) is 12.5. The molecule has 0 bridgehead atoms. The lowest BCUT2D eigenvalue weighted by Crippen LogP contribution is -2.11. The van der Waals surface area contributed by atoms with Crippen LogP contribution in [-0.2, 0) is 0 Å². The van der Waals surface area contributed by atoms with Crippen molar-refractivity contribution in [1.29, 1.82) is 0 Å². The second-order valence-electron chi connectivity index (χ2n) is 4.64. The van der Waals surface area contributed by atoms with Crippen LogP contribution in [0.25, 0.3) is 10.8 Å². The van der Waals surface area contributed by atoms with Crippen molar-refractivity contribution in [3.05, 3.63) is 81.4 Å². The van der Waals surface area contributed by atoms with Gasteiger partial charge in [-0.3, -0.25) is 0 Å². The number of halogens is 1. The Morgan fingerprint density at radius 3 is 2.11 bits per heavy atom. The minimum Gasteiger partial charge on any atom is -0.320 e. The van der Waals surface area contributed by atoms with Crippen molar-refractivity contribution in [3.8, 4) is 0 Å². The van der Waals surface area contributed by atoms with E-state index >= 15 is 0 Å². The first kappa shape index (κ1) is 12.6. The molecule has 94 valence electrons. The average molecular weight is 359 g/mol. The van der Waals surface area contributed by atoms with E-state index in [4.69, 9.17) is 5.73 Å². The van der Waals surface area contributed by atoms with Gasteiger partial charge in [-0.15, -0.1) is 0 Å². The Balaban J connectivity index is 2.01. The Morgan fingerprint density at radius 1 is 0.737 bits per heavy atom. The van der Waals surface area contributed by atoms with Crippen LogP contribution in [0.3, 0.4) is 0 Å². The van der Waals surface area contributed by atoms with E-state index in [9.17, 15) is 0 Å². The predicted octanol–water partition coefficient (Wildman–Crippen LogP) is 4.49. The molecule has 0 spiro atoms. The van der Waals surface area contributed by atoms with Gasteiger partial charge in [0.15, 0.2) is 0 Å². The minimum absolute atomic E-state index is 0.0680. The molecule has 3 aromatic rings. The maximum absolute atomic E-state index is 6.35. The molecule has 1 nitrogen and oxygen atoms in total. The summed E-state index contributed by atoms with van der Waals surface area (Å²) in [4.78, 5) is 0. The highest BCUT2D eigenvalue weighted by atomic mass is 127. The van der Waals surface area contributed by atoms with Crippen LogP contribution in [-0.4, -0.2) is 0 Å². The van der Waals surface area contributed by atoms with Crippen molar-refractivity contribution >= 4 is 33.4 Å². The third-order valence-corrected chi connectivity index (χ3v) is 4.08. The summed E-state index contributed by atoms with van der Waals surface area (Å²) in [5.74, 6) is 0. The maximum Gasteiger partial charge on any atom is 0.0551 e. The van der Waals surface area contributed by atoms with E-state index in [0.29, 0.717) is 0 Å². The summed E-state index contributed by atoms with van der Waals surface area (Å²) in [6.07, 6.45) is 0. The van der Waals surface area contributed by atoms with Crippen molar-refractivity contribution in [2.45, 2.75) is 6.04 Å². The number of benzene rings is 3. The van der Waals surface area contributed by atoms with Gasteiger partial charge in [-0.25, -0.2) is 0 Å². The fourth-order valence-electron chi connectivity index (χ4n) is 2.26. The highest BCUT2D eigenvalue weighted by Crippen LogP contribution is 2.24. The molecule has 0 aliphatic heterocycles. The lowest BCUT2D eigenvalue weighted by atomic mass is 9.97. The molecule has 0 aromatic heterocycles. The Kier molecular flexibility index (Phi) is 3.53. The fraction of sp³-hybridized carbons (Fsp3) is 0.0588. The van der Waals surface area contributed by atoms with Crippen LogP contribution in [0, 0.1) is 3.57 Å². The SMILES string of the molecule is NC(c1ccc(I)cc1)c1ccc2ccccc2c1. The van der Waals surface area contributed by atoms with E-state index in [-0.39, 0.29) is 6.04 Å². The van der Waals surface area contributed by atoms with Gasteiger partial charge in [-0.1, -0.05) is 48.5 Å². The van der Waals surface area contributed by atoms with Gasteiger partial charge in [-0.05, 0) is 62.7 Å². The second kappa shape index (κ2) is 5.31. The molecule has 2 N–H and O–H groups in total. The monoisotopic (exact) mass is 359 g/mol. The highest BCUT2D eigenvalue weighted by molar-refractivity contribution is 14.1. The largest absolute Gasteiger partial charge is 0.320 e. The van der Waals surface area contributed by atoms with Crippen LogP contribution >= 0.6 is 22.6 Å². The van der Waals surface area contributed by atoms with Crippen molar-refractivity contribution in [2.75, 3.05) is 0 Å². The maximum atomic E-state index is 6.35. The lowest BCUT2D eigenvalue weighted by Gasteiger charge is -2.13. The molecule has 0 amide bonds. The summed E-state index contributed by atoms with van der Waals surface area (Å²) in [5, 5.41) is 2.49. The summed E-state index contributed by atoms with van der Waals surface area (Å²) in [6, 6.07) is 23.1. The number of rotatable bonds is 2. The molecular weight excluding hydrogens is 345 g/mol. The lowest BCUT2D eigenvalue weighted by molar-refractivity contribution is 0.873. The third-order valence-electron chi connectivity index (χ3n) is 3.36. The molecule has 0 saturated heterocycles. The molecule has 1 unspecified atom stereocenters. The normalized spacial score (nSPS) is 12.5. The molecule has 0 fully saturated rings. The van der Waals surface area contributed by atoms with E-state index in [0.717, 1.165) is 11.1 Å². The molecule has 0 aliphatic carbocycles. The molecule has 19 heavy (non-hydrogen) atoms. The van der Waals surface area contributed by atoms with Crippen LogP contribution in [0.1, 0.15) is 17.2 Å². The zero-order valence-electron chi connectivity index (χ0n) is 10.4. The molecule has 0 saturated carbocycles. The van der Waals surface area contributed by atoms with Crippen molar-refractivity contribution in [2.24, 2.45) is 5.73 Å². The standard InChI is InChI=1S/C17H14IN/c18-16-9-7-13(8-10-16)17(19)15-6-5-12-3-1-2-4-14(12)11-15/h1-11,17H,19H2. The van der Waals surface area contributed by atoms with Gasteiger partial charge in [0, 0.05) is 3.57 Å². The summed E-state index contributed by atoms with van der Waals surface area (Å²) in [5.41, 5.74) is 8.66. The molecule has 0 radical (unpaired) electrons. The van der Waals surface area contributed by atoms with Gasteiger partial charge in [0.2, 0.25) is 0 Å². The van der Waals surface area contributed by atoms with Crippen LogP contribution in [0.2, 0.25) is 0 Å². The van der Waals surface area contributed by atoms with Gasteiger partial charge in [0.25, 0.3) is 0 Å². The molecule has 2 heteroatoms. The van der Waals surface area contributed by atoms with Crippen LogP contribution in [0.5, 0.6) is 0 Å². The smallest absolute Gasteiger partial charge is 0.0551 e. The summed E-state index contributed by atoms with van der Waals surface area (Å²) >= 11 is 2.31. The molecule has 1 atom stereocenters. The first-order valence-electron chi connectivity index (χ1n) is 6.24. The number of fused-ring (bicyclic) bond motifs is 1. The topological polar surface area (TPSA) is 26.0 Å². The van der Waals surface area contributed by atoms with Gasteiger partial charge < -0.3 is 5.73 Å². The molecule has 0 aliphatic rings. The Bertz CT molecular complexity index is 704. The zero-order chi connectivity index (χ0) is 13.2. The van der Waals surface area contributed by atoms with E-state index in [1.165, 1.54) is 14.3 Å². The van der Waals surface area contributed by atoms with Gasteiger partial charge in [0.1, 0.15) is 0 Å². The second-order valence-corrected chi connectivity index (χ2v) is 5.88. The van der Waals surface area contributed by atoms with Crippen LogP contribution in [0.15, 0.2) is 66.7 Å². The number of hydrogen-bond acceptors (Lipinski definition) is 1. The first-order valence-corrected chi connectivity index (χ1v) is 7.32. The molecule has 0 heterocycles. The van der Waals surface area contributed by atoms with Gasteiger partial charge in [-0.2, -0.15) is 0 Å². The van der Waals surface area contributed by atoms with Crippen LogP contribution in [0.4, 0.5) is 0 Å².